The normalized spacial score (nSPS) is 13.0. The number of benzene rings is 1. The number of fused-ring (bicyclic) bond motifs is 1. The van der Waals surface area contributed by atoms with Crippen LogP contribution in [0.15, 0.2) is 40.9 Å². The molecule has 0 aliphatic carbocycles. The molecule has 98 valence electrons. The first-order valence-corrected chi connectivity index (χ1v) is 8.53. The highest BCUT2D eigenvalue weighted by Crippen LogP contribution is 2.37. The van der Waals surface area contributed by atoms with Crippen molar-refractivity contribution in [3.05, 3.63) is 55.5 Å². The SMILES string of the molecule is CNC(c1cc(Br)c(C)s1)c1cc2ccccc2s1. The molecule has 1 N–H and O–H groups in total. The van der Waals surface area contributed by atoms with Gasteiger partial charge in [-0.15, -0.1) is 22.7 Å². The molecule has 2 heterocycles. The zero-order valence-corrected chi connectivity index (χ0v) is 14.0. The van der Waals surface area contributed by atoms with Crippen LogP contribution in [-0.2, 0) is 0 Å². The average Bonchev–Trinajstić information content (AvgIpc) is 2.95. The van der Waals surface area contributed by atoms with Crippen molar-refractivity contribution in [2.45, 2.75) is 13.0 Å². The summed E-state index contributed by atoms with van der Waals surface area (Å²) in [5, 5.41) is 4.76. The summed E-state index contributed by atoms with van der Waals surface area (Å²) in [6, 6.07) is 13.4. The Hall–Kier alpha value is -0.680. The van der Waals surface area contributed by atoms with E-state index in [4.69, 9.17) is 0 Å². The molecular weight excluding hydrogens is 338 g/mol. The molecule has 0 spiro atoms. The summed E-state index contributed by atoms with van der Waals surface area (Å²) >= 11 is 7.32. The van der Waals surface area contributed by atoms with Gasteiger partial charge in [-0.2, -0.15) is 0 Å². The van der Waals surface area contributed by atoms with Gasteiger partial charge >= 0.3 is 0 Å². The molecule has 0 radical (unpaired) electrons. The molecule has 19 heavy (non-hydrogen) atoms. The quantitative estimate of drug-likeness (QED) is 0.671. The molecule has 0 aliphatic heterocycles. The first-order valence-electron chi connectivity index (χ1n) is 6.10. The van der Waals surface area contributed by atoms with Crippen LogP contribution >= 0.6 is 38.6 Å². The molecule has 0 bridgehead atoms. The highest BCUT2D eigenvalue weighted by Gasteiger charge is 2.17. The summed E-state index contributed by atoms with van der Waals surface area (Å²) in [5.41, 5.74) is 0. The molecule has 1 aromatic carbocycles. The summed E-state index contributed by atoms with van der Waals surface area (Å²) < 4.78 is 2.55. The van der Waals surface area contributed by atoms with Gasteiger partial charge in [0.2, 0.25) is 0 Å². The van der Waals surface area contributed by atoms with Crippen LogP contribution in [0.2, 0.25) is 0 Å². The second kappa shape index (κ2) is 5.37. The van der Waals surface area contributed by atoms with E-state index in [1.807, 2.05) is 29.7 Å². The zero-order chi connectivity index (χ0) is 13.4. The number of nitrogens with one attached hydrogen (secondary N) is 1. The summed E-state index contributed by atoms with van der Waals surface area (Å²) in [7, 11) is 2.03. The van der Waals surface area contributed by atoms with E-state index in [1.165, 1.54) is 29.2 Å². The molecule has 1 atom stereocenters. The van der Waals surface area contributed by atoms with Gasteiger partial charge in [0.15, 0.2) is 0 Å². The first kappa shape index (κ1) is 13.3. The van der Waals surface area contributed by atoms with E-state index in [0.29, 0.717) is 0 Å². The first-order chi connectivity index (χ1) is 9.19. The number of hydrogen-bond acceptors (Lipinski definition) is 3. The minimum atomic E-state index is 0.285. The third-order valence-corrected chi connectivity index (χ3v) is 6.56. The number of halogens is 1. The Morgan fingerprint density at radius 3 is 2.47 bits per heavy atom. The molecule has 3 rings (SSSR count). The molecule has 1 nitrogen and oxygen atoms in total. The lowest BCUT2D eigenvalue weighted by molar-refractivity contribution is 0.716. The number of hydrogen-bond donors (Lipinski definition) is 1. The van der Waals surface area contributed by atoms with Crippen LogP contribution in [0.5, 0.6) is 0 Å². The molecule has 0 aliphatic rings. The number of thiophene rings is 2. The molecule has 3 aromatic rings. The van der Waals surface area contributed by atoms with Crippen LogP contribution in [0.4, 0.5) is 0 Å². The highest BCUT2D eigenvalue weighted by molar-refractivity contribution is 9.10. The van der Waals surface area contributed by atoms with Crippen LogP contribution in [0.25, 0.3) is 10.1 Å². The monoisotopic (exact) mass is 351 g/mol. The van der Waals surface area contributed by atoms with E-state index < -0.39 is 0 Å². The van der Waals surface area contributed by atoms with Crippen LogP contribution in [0, 0.1) is 6.92 Å². The van der Waals surface area contributed by atoms with Gasteiger partial charge in [0.05, 0.1) is 6.04 Å². The Balaban J connectivity index is 2.06. The van der Waals surface area contributed by atoms with Crippen LogP contribution in [0.3, 0.4) is 0 Å². The van der Waals surface area contributed by atoms with Crippen LogP contribution in [0.1, 0.15) is 20.7 Å². The van der Waals surface area contributed by atoms with Crippen molar-refractivity contribution in [2.24, 2.45) is 0 Å². The zero-order valence-electron chi connectivity index (χ0n) is 10.7. The van der Waals surface area contributed by atoms with Gasteiger partial charge in [-0.05, 0) is 53.5 Å². The maximum atomic E-state index is 3.61. The fraction of sp³-hybridized carbons (Fsp3) is 0.200. The van der Waals surface area contributed by atoms with Gasteiger partial charge in [0.1, 0.15) is 0 Å². The van der Waals surface area contributed by atoms with E-state index in [0.717, 1.165) is 0 Å². The summed E-state index contributed by atoms with van der Waals surface area (Å²) in [6.07, 6.45) is 0. The third-order valence-electron chi connectivity index (χ3n) is 3.18. The van der Waals surface area contributed by atoms with Crippen molar-refractivity contribution >= 4 is 48.7 Å². The van der Waals surface area contributed by atoms with E-state index in [-0.39, 0.29) is 6.04 Å². The van der Waals surface area contributed by atoms with Crippen molar-refractivity contribution in [3.8, 4) is 0 Å². The molecule has 0 saturated heterocycles. The topological polar surface area (TPSA) is 12.0 Å². The van der Waals surface area contributed by atoms with Gasteiger partial charge < -0.3 is 5.32 Å². The summed E-state index contributed by atoms with van der Waals surface area (Å²) in [4.78, 5) is 4.06. The molecule has 4 heteroatoms. The predicted octanol–water partition coefficient (Wildman–Crippen LogP) is 5.34. The fourth-order valence-electron chi connectivity index (χ4n) is 2.19. The molecule has 0 fully saturated rings. The Kier molecular flexibility index (Phi) is 3.76. The van der Waals surface area contributed by atoms with Gasteiger partial charge in [-0.25, -0.2) is 0 Å². The van der Waals surface area contributed by atoms with E-state index >= 15 is 0 Å². The summed E-state index contributed by atoms with van der Waals surface area (Å²) in [6.45, 7) is 2.15. The van der Waals surface area contributed by atoms with Gasteiger partial charge in [-0.1, -0.05) is 18.2 Å². The van der Waals surface area contributed by atoms with Gasteiger partial charge in [-0.3, -0.25) is 0 Å². The van der Waals surface area contributed by atoms with Crippen molar-refractivity contribution in [3.63, 3.8) is 0 Å². The van der Waals surface area contributed by atoms with E-state index in [2.05, 4.69) is 64.6 Å². The number of aryl methyl sites for hydroxylation is 1. The average molecular weight is 352 g/mol. The maximum absolute atomic E-state index is 3.61. The highest BCUT2D eigenvalue weighted by atomic mass is 79.9. The van der Waals surface area contributed by atoms with E-state index in [9.17, 15) is 0 Å². The maximum Gasteiger partial charge on any atom is 0.0763 e. The largest absolute Gasteiger partial charge is 0.308 e. The minimum absolute atomic E-state index is 0.285. The van der Waals surface area contributed by atoms with Gasteiger partial charge in [0, 0.05) is 23.8 Å². The molecule has 1 unspecified atom stereocenters. The molecule has 2 aromatic heterocycles. The molecular formula is C15H14BrNS2. The Bertz CT molecular complexity index is 661. The second-order valence-electron chi connectivity index (χ2n) is 4.46. The standard InChI is InChI=1S/C15H14BrNS2/c1-9-11(16)8-14(18-9)15(17-2)13-7-10-5-3-4-6-12(10)19-13/h3-8,15,17H,1-2H3. The minimum Gasteiger partial charge on any atom is -0.308 e. The van der Waals surface area contributed by atoms with Crippen molar-refractivity contribution in [1.82, 2.24) is 5.32 Å². The Morgan fingerprint density at radius 2 is 1.84 bits per heavy atom. The molecule has 0 saturated carbocycles. The van der Waals surface area contributed by atoms with Crippen LogP contribution in [-0.4, -0.2) is 7.05 Å². The smallest absolute Gasteiger partial charge is 0.0763 e. The lowest BCUT2D eigenvalue weighted by atomic mass is 10.2. The summed E-state index contributed by atoms with van der Waals surface area (Å²) in [5.74, 6) is 0. The predicted molar refractivity (Wildman–Crippen MR) is 89.5 cm³/mol. The lowest BCUT2D eigenvalue weighted by Crippen LogP contribution is -2.14. The lowest BCUT2D eigenvalue weighted by Gasteiger charge is -2.11. The van der Waals surface area contributed by atoms with Crippen molar-refractivity contribution < 1.29 is 0 Å². The molecule has 0 amide bonds. The van der Waals surface area contributed by atoms with Crippen molar-refractivity contribution in [1.29, 1.82) is 0 Å². The number of rotatable bonds is 3. The van der Waals surface area contributed by atoms with Gasteiger partial charge in [0.25, 0.3) is 0 Å². The van der Waals surface area contributed by atoms with E-state index in [1.54, 1.807) is 0 Å². The van der Waals surface area contributed by atoms with Crippen LogP contribution < -0.4 is 5.32 Å². The second-order valence-corrected chi connectivity index (χ2v) is 7.72. The Morgan fingerprint density at radius 1 is 1.11 bits per heavy atom. The Labute approximate surface area is 129 Å². The fourth-order valence-corrected chi connectivity index (χ4v) is 5.15. The van der Waals surface area contributed by atoms with Crippen molar-refractivity contribution in [2.75, 3.05) is 7.05 Å². The third kappa shape index (κ3) is 2.50.